The van der Waals surface area contributed by atoms with Gasteiger partial charge in [-0.25, -0.2) is 0 Å². The lowest BCUT2D eigenvalue weighted by atomic mass is 10.0. The first-order valence-corrected chi connectivity index (χ1v) is 6.99. The van der Waals surface area contributed by atoms with Gasteiger partial charge in [0.1, 0.15) is 5.75 Å². The molecule has 104 valence electrons. The van der Waals surface area contributed by atoms with Gasteiger partial charge < -0.3 is 10.4 Å². The van der Waals surface area contributed by atoms with Gasteiger partial charge in [-0.2, -0.15) is 0 Å². The lowest BCUT2D eigenvalue weighted by molar-refractivity contribution is 0.478. The topological polar surface area (TPSA) is 32.3 Å². The van der Waals surface area contributed by atoms with Gasteiger partial charge in [-0.1, -0.05) is 54.6 Å². The molecule has 0 aliphatic rings. The summed E-state index contributed by atoms with van der Waals surface area (Å²) in [5, 5.41) is 13.0. The SMILES string of the molecule is Oc1ccccc1Nc1ccc(Cc2ccccc2)cc1. The van der Waals surface area contributed by atoms with E-state index in [0.29, 0.717) is 5.69 Å². The Hall–Kier alpha value is -2.74. The second-order valence-electron chi connectivity index (χ2n) is 5.00. The van der Waals surface area contributed by atoms with Crippen molar-refractivity contribution >= 4 is 11.4 Å². The van der Waals surface area contributed by atoms with Gasteiger partial charge in [-0.3, -0.25) is 0 Å². The molecule has 2 heteroatoms. The molecule has 0 amide bonds. The molecule has 2 nitrogen and oxygen atoms in total. The number of benzene rings is 3. The Kier molecular flexibility index (Phi) is 3.88. The Bertz CT molecular complexity index is 705. The van der Waals surface area contributed by atoms with E-state index in [1.807, 2.05) is 36.4 Å². The van der Waals surface area contributed by atoms with E-state index in [1.54, 1.807) is 6.07 Å². The van der Waals surface area contributed by atoms with Gasteiger partial charge in [-0.15, -0.1) is 0 Å². The fraction of sp³-hybridized carbons (Fsp3) is 0.0526. The Labute approximate surface area is 124 Å². The van der Waals surface area contributed by atoms with Crippen molar-refractivity contribution in [3.05, 3.63) is 90.0 Å². The van der Waals surface area contributed by atoms with Gasteiger partial charge in [0.2, 0.25) is 0 Å². The van der Waals surface area contributed by atoms with E-state index < -0.39 is 0 Å². The molecular formula is C19H17NO. The second-order valence-corrected chi connectivity index (χ2v) is 5.00. The molecule has 0 radical (unpaired) electrons. The molecule has 0 saturated heterocycles. The standard InChI is InChI=1S/C19H17NO/c21-19-9-5-4-8-18(19)20-17-12-10-16(11-13-17)14-15-6-2-1-3-7-15/h1-13,20-21H,14H2. The molecule has 0 atom stereocenters. The number of phenolic OH excluding ortho intramolecular Hbond substituents is 1. The summed E-state index contributed by atoms with van der Waals surface area (Å²) >= 11 is 0. The van der Waals surface area contributed by atoms with E-state index in [1.165, 1.54) is 11.1 Å². The van der Waals surface area contributed by atoms with Crippen LogP contribution in [0.2, 0.25) is 0 Å². The first kappa shape index (κ1) is 13.3. The van der Waals surface area contributed by atoms with Crippen molar-refractivity contribution in [2.75, 3.05) is 5.32 Å². The first-order valence-electron chi connectivity index (χ1n) is 6.99. The Morgan fingerprint density at radius 3 is 2.00 bits per heavy atom. The van der Waals surface area contributed by atoms with Gasteiger partial charge in [0.15, 0.2) is 0 Å². The summed E-state index contributed by atoms with van der Waals surface area (Å²) in [4.78, 5) is 0. The molecule has 0 saturated carbocycles. The van der Waals surface area contributed by atoms with Crippen molar-refractivity contribution in [3.63, 3.8) is 0 Å². The third-order valence-corrected chi connectivity index (χ3v) is 3.39. The van der Waals surface area contributed by atoms with Gasteiger partial charge in [-0.05, 0) is 41.8 Å². The molecule has 0 spiro atoms. The van der Waals surface area contributed by atoms with E-state index >= 15 is 0 Å². The van der Waals surface area contributed by atoms with Gasteiger partial charge in [0.25, 0.3) is 0 Å². The van der Waals surface area contributed by atoms with Crippen LogP contribution in [0.3, 0.4) is 0 Å². The van der Waals surface area contributed by atoms with E-state index in [9.17, 15) is 5.11 Å². The van der Waals surface area contributed by atoms with Crippen LogP contribution in [0.15, 0.2) is 78.9 Å². The fourth-order valence-corrected chi connectivity index (χ4v) is 2.27. The second kappa shape index (κ2) is 6.14. The molecule has 3 rings (SSSR count). The van der Waals surface area contributed by atoms with Crippen molar-refractivity contribution in [2.24, 2.45) is 0 Å². The van der Waals surface area contributed by atoms with Crippen LogP contribution < -0.4 is 5.32 Å². The van der Waals surface area contributed by atoms with Crippen LogP contribution in [0, 0.1) is 0 Å². The maximum absolute atomic E-state index is 9.76. The highest BCUT2D eigenvalue weighted by Gasteiger charge is 2.00. The van der Waals surface area contributed by atoms with Gasteiger partial charge in [0, 0.05) is 5.69 Å². The summed E-state index contributed by atoms with van der Waals surface area (Å²) in [6.45, 7) is 0. The highest BCUT2D eigenvalue weighted by atomic mass is 16.3. The predicted molar refractivity (Wildman–Crippen MR) is 87.1 cm³/mol. The number of nitrogens with one attached hydrogen (secondary N) is 1. The van der Waals surface area contributed by atoms with Gasteiger partial charge in [0.05, 0.1) is 5.69 Å². The molecule has 0 aliphatic heterocycles. The van der Waals surface area contributed by atoms with E-state index in [-0.39, 0.29) is 5.75 Å². The Balaban J connectivity index is 1.71. The summed E-state index contributed by atoms with van der Waals surface area (Å²) in [6.07, 6.45) is 0.928. The van der Waals surface area contributed by atoms with E-state index in [2.05, 4.69) is 41.7 Å². The fourth-order valence-electron chi connectivity index (χ4n) is 2.27. The molecule has 0 fully saturated rings. The molecule has 0 heterocycles. The molecule has 0 aliphatic carbocycles. The molecule has 0 bridgehead atoms. The average molecular weight is 275 g/mol. The van der Waals surface area contributed by atoms with Crippen molar-refractivity contribution in [3.8, 4) is 5.75 Å². The summed E-state index contributed by atoms with van der Waals surface area (Å²) in [5.41, 5.74) is 4.25. The minimum atomic E-state index is 0.255. The normalized spacial score (nSPS) is 10.3. The number of hydrogen-bond acceptors (Lipinski definition) is 2. The molecule has 21 heavy (non-hydrogen) atoms. The van der Waals surface area contributed by atoms with Crippen molar-refractivity contribution in [1.29, 1.82) is 0 Å². The maximum Gasteiger partial charge on any atom is 0.139 e. The zero-order valence-corrected chi connectivity index (χ0v) is 11.7. The van der Waals surface area contributed by atoms with Gasteiger partial charge >= 0.3 is 0 Å². The predicted octanol–water partition coefficient (Wildman–Crippen LogP) is 4.73. The third-order valence-electron chi connectivity index (χ3n) is 3.39. The number of aromatic hydroxyl groups is 1. The molecule has 3 aromatic carbocycles. The number of rotatable bonds is 4. The van der Waals surface area contributed by atoms with Crippen molar-refractivity contribution in [1.82, 2.24) is 0 Å². The zero-order chi connectivity index (χ0) is 14.5. The van der Waals surface area contributed by atoms with Crippen molar-refractivity contribution in [2.45, 2.75) is 6.42 Å². The Morgan fingerprint density at radius 1 is 0.667 bits per heavy atom. The summed E-state index contributed by atoms with van der Waals surface area (Å²) in [7, 11) is 0. The van der Waals surface area contributed by atoms with Crippen LogP contribution in [0.25, 0.3) is 0 Å². The van der Waals surface area contributed by atoms with E-state index in [4.69, 9.17) is 0 Å². The highest BCUT2D eigenvalue weighted by molar-refractivity contribution is 5.65. The van der Waals surface area contributed by atoms with Crippen molar-refractivity contribution < 1.29 is 5.11 Å². The average Bonchev–Trinajstić information content (AvgIpc) is 2.52. The number of anilines is 2. The smallest absolute Gasteiger partial charge is 0.139 e. The molecule has 3 aromatic rings. The van der Waals surface area contributed by atoms with Crippen LogP contribution in [0.4, 0.5) is 11.4 Å². The lowest BCUT2D eigenvalue weighted by Crippen LogP contribution is -1.92. The highest BCUT2D eigenvalue weighted by Crippen LogP contribution is 2.26. The van der Waals surface area contributed by atoms with Crippen LogP contribution in [0.1, 0.15) is 11.1 Å². The molecule has 0 unspecified atom stereocenters. The third kappa shape index (κ3) is 3.42. The number of hydrogen-bond donors (Lipinski definition) is 2. The summed E-state index contributed by atoms with van der Waals surface area (Å²) in [5.74, 6) is 0.255. The largest absolute Gasteiger partial charge is 0.506 e. The molecule has 2 N–H and O–H groups in total. The lowest BCUT2D eigenvalue weighted by Gasteiger charge is -2.09. The monoisotopic (exact) mass is 275 g/mol. The number of phenols is 1. The van der Waals surface area contributed by atoms with E-state index in [0.717, 1.165) is 12.1 Å². The summed E-state index contributed by atoms with van der Waals surface area (Å²) in [6, 6.07) is 25.9. The van der Waals surface area contributed by atoms with Crippen LogP contribution in [-0.4, -0.2) is 5.11 Å². The first-order chi connectivity index (χ1) is 10.3. The molecular weight excluding hydrogens is 258 g/mol. The zero-order valence-electron chi connectivity index (χ0n) is 11.7. The Morgan fingerprint density at radius 2 is 1.29 bits per heavy atom. The van der Waals surface area contributed by atoms with Crippen LogP contribution in [-0.2, 0) is 6.42 Å². The minimum Gasteiger partial charge on any atom is -0.506 e. The number of para-hydroxylation sites is 2. The van der Waals surface area contributed by atoms with Crippen LogP contribution in [0.5, 0.6) is 5.75 Å². The molecule has 0 aromatic heterocycles. The maximum atomic E-state index is 9.76. The summed E-state index contributed by atoms with van der Waals surface area (Å²) < 4.78 is 0. The quantitative estimate of drug-likeness (QED) is 0.675. The minimum absolute atomic E-state index is 0.255. The van der Waals surface area contributed by atoms with Crippen LogP contribution >= 0.6 is 0 Å².